The predicted octanol–water partition coefficient (Wildman–Crippen LogP) is 2.19. The zero-order chi connectivity index (χ0) is 11.8. The highest BCUT2D eigenvalue weighted by Gasteiger charge is 2.30. The molecule has 0 radical (unpaired) electrons. The molecule has 1 aliphatic heterocycles. The zero-order valence-corrected chi connectivity index (χ0v) is 10.4. The number of amidine groups is 1. The SMILES string of the molecule is C[C@]1(c2ccc(F)c(Br)c2)COCC(N)=N1. The van der Waals surface area contributed by atoms with E-state index in [9.17, 15) is 4.39 Å². The standard InChI is InChI=1S/C11H12BrFN2O/c1-11(6-16-5-10(14)15-11)7-2-3-9(13)8(12)4-7/h2-4H,5-6H2,1H3,(H2,14,15)/t11-/m1/s1. The largest absolute Gasteiger partial charge is 0.386 e. The zero-order valence-electron chi connectivity index (χ0n) is 8.84. The van der Waals surface area contributed by atoms with Crippen molar-refractivity contribution in [3.05, 3.63) is 34.1 Å². The summed E-state index contributed by atoms with van der Waals surface area (Å²) in [6.45, 7) is 2.72. The number of nitrogens with zero attached hydrogens (tertiary/aromatic N) is 1. The number of nitrogens with two attached hydrogens (primary N) is 1. The predicted molar refractivity (Wildman–Crippen MR) is 63.9 cm³/mol. The summed E-state index contributed by atoms with van der Waals surface area (Å²) in [5.41, 5.74) is 6.00. The van der Waals surface area contributed by atoms with Gasteiger partial charge in [-0.25, -0.2) is 4.39 Å². The van der Waals surface area contributed by atoms with E-state index in [1.807, 2.05) is 6.92 Å². The molecule has 1 aromatic rings. The van der Waals surface area contributed by atoms with Crippen LogP contribution >= 0.6 is 15.9 Å². The monoisotopic (exact) mass is 286 g/mol. The number of halogens is 2. The first kappa shape index (κ1) is 11.5. The van der Waals surface area contributed by atoms with Gasteiger partial charge < -0.3 is 10.5 Å². The van der Waals surface area contributed by atoms with Gasteiger partial charge in [-0.05, 0) is 40.5 Å². The van der Waals surface area contributed by atoms with E-state index in [4.69, 9.17) is 10.5 Å². The summed E-state index contributed by atoms with van der Waals surface area (Å²) in [7, 11) is 0. The molecule has 0 bridgehead atoms. The van der Waals surface area contributed by atoms with E-state index in [0.717, 1.165) is 5.56 Å². The Morgan fingerprint density at radius 2 is 2.31 bits per heavy atom. The average molecular weight is 287 g/mol. The van der Waals surface area contributed by atoms with E-state index in [1.165, 1.54) is 6.07 Å². The fraction of sp³-hybridized carbons (Fsp3) is 0.364. The second-order valence-corrected chi connectivity index (χ2v) is 4.85. The van der Waals surface area contributed by atoms with Gasteiger partial charge in [0, 0.05) is 0 Å². The molecule has 0 saturated carbocycles. The maximum atomic E-state index is 13.1. The van der Waals surface area contributed by atoms with Gasteiger partial charge in [-0.2, -0.15) is 0 Å². The van der Waals surface area contributed by atoms with Gasteiger partial charge in [0.15, 0.2) is 0 Å². The minimum Gasteiger partial charge on any atom is -0.386 e. The third kappa shape index (κ3) is 2.10. The van der Waals surface area contributed by atoms with Crippen molar-refractivity contribution in [2.75, 3.05) is 13.2 Å². The third-order valence-corrected chi connectivity index (χ3v) is 3.17. The second kappa shape index (κ2) is 4.14. The van der Waals surface area contributed by atoms with Crippen molar-refractivity contribution >= 4 is 21.8 Å². The molecule has 0 fully saturated rings. The maximum Gasteiger partial charge on any atom is 0.137 e. The molecule has 1 aliphatic rings. The second-order valence-electron chi connectivity index (χ2n) is 4.00. The van der Waals surface area contributed by atoms with Crippen LogP contribution in [0.1, 0.15) is 12.5 Å². The van der Waals surface area contributed by atoms with Gasteiger partial charge in [0.25, 0.3) is 0 Å². The summed E-state index contributed by atoms with van der Waals surface area (Å²) in [6, 6.07) is 4.82. The quantitative estimate of drug-likeness (QED) is 0.860. The molecule has 0 saturated heterocycles. The fourth-order valence-corrected chi connectivity index (χ4v) is 2.09. The molecule has 5 heteroatoms. The number of benzene rings is 1. The lowest BCUT2D eigenvalue weighted by atomic mass is 9.93. The molecule has 3 nitrogen and oxygen atoms in total. The van der Waals surface area contributed by atoms with Gasteiger partial charge in [0.2, 0.25) is 0 Å². The van der Waals surface area contributed by atoms with Crippen LogP contribution in [-0.2, 0) is 10.3 Å². The molecule has 86 valence electrons. The Morgan fingerprint density at radius 1 is 1.56 bits per heavy atom. The van der Waals surface area contributed by atoms with E-state index in [2.05, 4.69) is 20.9 Å². The lowest BCUT2D eigenvalue weighted by Gasteiger charge is -2.30. The van der Waals surface area contributed by atoms with E-state index in [-0.39, 0.29) is 5.82 Å². The van der Waals surface area contributed by atoms with Crippen molar-refractivity contribution < 1.29 is 9.13 Å². The first-order chi connectivity index (χ1) is 7.51. The van der Waals surface area contributed by atoms with Crippen LogP contribution in [0.4, 0.5) is 4.39 Å². The molecule has 1 heterocycles. The van der Waals surface area contributed by atoms with Gasteiger partial charge in [-0.15, -0.1) is 0 Å². The number of hydrogen-bond donors (Lipinski definition) is 1. The highest BCUT2D eigenvalue weighted by Crippen LogP contribution is 2.30. The number of hydrogen-bond acceptors (Lipinski definition) is 3. The molecular weight excluding hydrogens is 275 g/mol. The Kier molecular flexibility index (Phi) is 2.99. The molecule has 0 spiro atoms. The topological polar surface area (TPSA) is 47.6 Å². The van der Waals surface area contributed by atoms with Crippen LogP contribution in [0.15, 0.2) is 27.7 Å². The van der Waals surface area contributed by atoms with Crippen LogP contribution < -0.4 is 5.73 Å². The van der Waals surface area contributed by atoms with E-state index < -0.39 is 5.54 Å². The van der Waals surface area contributed by atoms with Crippen LogP contribution in [0.3, 0.4) is 0 Å². The average Bonchev–Trinajstić information content (AvgIpc) is 2.21. The van der Waals surface area contributed by atoms with Crippen molar-refractivity contribution in [1.82, 2.24) is 0 Å². The van der Waals surface area contributed by atoms with Crippen LogP contribution in [0.25, 0.3) is 0 Å². The molecular formula is C11H12BrFN2O. The Labute approximate surface area is 102 Å². The Bertz CT molecular complexity index is 450. The van der Waals surface area contributed by atoms with Crippen LogP contribution in [0, 0.1) is 5.82 Å². The lowest BCUT2D eigenvalue weighted by Crippen LogP contribution is -2.37. The van der Waals surface area contributed by atoms with Gasteiger partial charge in [-0.3, -0.25) is 4.99 Å². The summed E-state index contributed by atoms with van der Waals surface area (Å²) < 4.78 is 18.9. The molecule has 16 heavy (non-hydrogen) atoms. The Balaban J connectivity index is 2.43. The minimum absolute atomic E-state index is 0.291. The molecule has 1 aromatic carbocycles. The van der Waals surface area contributed by atoms with Crippen molar-refractivity contribution in [2.45, 2.75) is 12.5 Å². The van der Waals surface area contributed by atoms with Crippen LogP contribution in [0.5, 0.6) is 0 Å². The third-order valence-electron chi connectivity index (χ3n) is 2.56. The smallest absolute Gasteiger partial charge is 0.137 e. The minimum atomic E-state index is -0.529. The molecule has 0 aliphatic carbocycles. The number of rotatable bonds is 1. The summed E-state index contributed by atoms with van der Waals surface area (Å²) >= 11 is 3.16. The van der Waals surface area contributed by atoms with Gasteiger partial charge >= 0.3 is 0 Å². The Morgan fingerprint density at radius 3 is 2.94 bits per heavy atom. The van der Waals surface area contributed by atoms with Gasteiger partial charge in [0.1, 0.15) is 23.8 Å². The highest BCUT2D eigenvalue weighted by molar-refractivity contribution is 9.10. The van der Waals surface area contributed by atoms with E-state index >= 15 is 0 Å². The molecule has 0 amide bonds. The lowest BCUT2D eigenvalue weighted by molar-refractivity contribution is 0.106. The molecule has 0 aromatic heterocycles. The van der Waals surface area contributed by atoms with Gasteiger partial charge in [-0.1, -0.05) is 6.07 Å². The summed E-state index contributed by atoms with van der Waals surface area (Å²) in [6.07, 6.45) is 0. The van der Waals surface area contributed by atoms with Crippen molar-refractivity contribution in [1.29, 1.82) is 0 Å². The molecule has 0 unspecified atom stereocenters. The van der Waals surface area contributed by atoms with Crippen molar-refractivity contribution in [2.24, 2.45) is 10.7 Å². The summed E-state index contributed by atoms with van der Waals surface area (Å²) in [5.74, 6) is 0.176. The van der Waals surface area contributed by atoms with Crippen molar-refractivity contribution in [3.63, 3.8) is 0 Å². The first-order valence-corrected chi connectivity index (χ1v) is 5.68. The fourth-order valence-electron chi connectivity index (χ4n) is 1.71. The molecule has 2 rings (SSSR count). The number of aliphatic imine (C=N–C) groups is 1. The van der Waals surface area contributed by atoms with Crippen molar-refractivity contribution in [3.8, 4) is 0 Å². The Hall–Kier alpha value is -0.940. The molecule has 1 atom stereocenters. The maximum absolute atomic E-state index is 13.1. The van der Waals surface area contributed by atoms with Crippen LogP contribution in [0.2, 0.25) is 0 Å². The van der Waals surface area contributed by atoms with Gasteiger partial charge in [0.05, 0.1) is 11.1 Å². The van der Waals surface area contributed by atoms with E-state index in [0.29, 0.717) is 23.5 Å². The summed E-state index contributed by atoms with van der Waals surface area (Å²) in [5, 5.41) is 0. The number of ether oxygens (including phenoxy) is 1. The molecule has 2 N–H and O–H groups in total. The normalized spacial score (nSPS) is 25.3. The first-order valence-electron chi connectivity index (χ1n) is 4.89. The van der Waals surface area contributed by atoms with Crippen LogP contribution in [-0.4, -0.2) is 19.0 Å². The van der Waals surface area contributed by atoms with E-state index in [1.54, 1.807) is 12.1 Å². The highest BCUT2D eigenvalue weighted by atomic mass is 79.9. The summed E-state index contributed by atoms with van der Waals surface area (Å²) in [4.78, 5) is 4.38.